The molecule has 33 heavy (non-hydrogen) atoms. The van der Waals surface area contributed by atoms with Crippen LogP contribution < -0.4 is 9.64 Å². The van der Waals surface area contributed by atoms with Gasteiger partial charge in [0.1, 0.15) is 17.2 Å². The van der Waals surface area contributed by atoms with Crippen LogP contribution in [0.1, 0.15) is 22.3 Å². The zero-order chi connectivity index (χ0) is 23.7. The van der Waals surface area contributed by atoms with Crippen molar-refractivity contribution in [3.63, 3.8) is 0 Å². The highest BCUT2D eigenvalue weighted by Crippen LogP contribution is 2.43. The number of hydrogen-bond donors (Lipinski definition) is 3. The SMILES string of the molecule is Cc1ccc(O)cc1N(c1cccc(Oc2c(C)ccc(C)c2O)c1)c1cc(O)ccc1C. The van der Waals surface area contributed by atoms with Crippen LogP contribution in [-0.2, 0) is 0 Å². The summed E-state index contributed by atoms with van der Waals surface area (Å²) in [5, 5.41) is 30.9. The van der Waals surface area contributed by atoms with Gasteiger partial charge in [0.2, 0.25) is 0 Å². The van der Waals surface area contributed by atoms with Crippen LogP contribution in [0.3, 0.4) is 0 Å². The van der Waals surface area contributed by atoms with E-state index in [4.69, 9.17) is 4.74 Å². The lowest BCUT2D eigenvalue weighted by molar-refractivity contribution is 0.406. The molecule has 0 fully saturated rings. The van der Waals surface area contributed by atoms with Crippen molar-refractivity contribution in [3.8, 4) is 28.7 Å². The van der Waals surface area contributed by atoms with Gasteiger partial charge < -0.3 is 25.0 Å². The van der Waals surface area contributed by atoms with E-state index in [-0.39, 0.29) is 17.2 Å². The average Bonchev–Trinajstić information content (AvgIpc) is 2.79. The minimum atomic E-state index is 0.116. The van der Waals surface area contributed by atoms with Gasteiger partial charge in [-0.2, -0.15) is 0 Å². The summed E-state index contributed by atoms with van der Waals surface area (Å²) in [5.74, 6) is 1.38. The lowest BCUT2D eigenvalue weighted by Gasteiger charge is -2.29. The molecule has 5 nitrogen and oxygen atoms in total. The number of rotatable bonds is 5. The minimum absolute atomic E-state index is 0.116. The van der Waals surface area contributed by atoms with E-state index in [0.29, 0.717) is 11.5 Å². The van der Waals surface area contributed by atoms with E-state index >= 15 is 0 Å². The van der Waals surface area contributed by atoms with E-state index in [9.17, 15) is 15.3 Å². The molecule has 4 rings (SSSR count). The summed E-state index contributed by atoms with van der Waals surface area (Å²) >= 11 is 0. The zero-order valence-electron chi connectivity index (χ0n) is 19.1. The molecule has 0 aromatic heterocycles. The molecule has 3 N–H and O–H groups in total. The first kappa shape index (κ1) is 22.1. The fourth-order valence-corrected chi connectivity index (χ4v) is 3.79. The first-order chi connectivity index (χ1) is 15.7. The van der Waals surface area contributed by atoms with Crippen molar-refractivity contribution in [2.45, 2.75) is 27.7 Å². The average molecular weight is 442 g/mol. The van der Waals surface area contributed by atoms with Gasteiger partial charge >= 0.3 is 0 Å². The fraction of sp³-hybridized carbons (Fsp3) is 0.143. The van der Waals surface area contributed by atoms with Gasteiger partial charge in [-0.05, 0) is 74.2 Å². The van der Waals surface area contributed by atoms with E-state index < -0.39 is 0 Å². The molecular formula is C28H27NO4. The molecule has 4 aromatic rings. The molecule has 5 heteroatoms. The number of nitrogens with zero attached hydrogens (tertiary/aromatic N) is 1. The van der Waals surface area contributed by atoms with E-state index in [1.165, 1.54) is 0 Å². The highest BCUT2D eigenvalue weighted by Gasteiger charge is 2.19. The van der Waals surface area contributed by atoms with E-state index in [2.05, 4.69) is 0 Å². The molecule has 0 radical (unpaired) electrons. The van der Waals surface area contributed by atoms with Gasteiger partial charge in [-0.15, -0.1) is 0 Å². The summed E-state index contributed by atoms with van der Waals surface area (Å²) in [6.07, 6.45) is 0. The largest absolute Gasteiger partial charge is 0.508 e. The first-order valence-corrected chi connectivity index (χ1v) is 10.7. The van der Waals surface area contributed by atoms with Crippen LogP contribution >= 0.6 is 0 Å². The van der Waals surface area contributed by atoms with Crippen molar-refractivity contribution in [2.75, 3.05) is 4.90 Å². The van der Waals surface area contributed by atoms with E-state index in [1.807, 2.05) is 81.1 Å². The molecule has 0 aliphatic heterocycles. The lowest BCUT2D eigenvalue weighted by atomic mass is 10.1. The standard InChI is InChI=1S/C28H27NO4/c1-17-10-12-22(30)15-25(17)29(26-16-23(31)13-11-18(26)2)21-6-5-7-24(14-21)33-28-20(4)9-8-19(3)27(28)32/h5-16,30-32H,1-4H3. The lowest BCUT2D eigenvalue weighted by Crippen LogP contribution is -2.12. The molecule has 0 saturated carbocycles. The number of phenols is 3. The van der Waals surface area contributed by atoms with Crippen molar-refractivity contribution in [2.24, 2.45) is 0 Å². The Morgan fingerprint density at radius 3 is 1.76 bits per heavy atom. The summed E-state index contributed by atoms with van der Waals surface area (Å²) in [6.45, 7) is 7.65. The second kappa shape index (κ2) is 8.79. The Balaban J connectivity index is 1.86. The van der Waals surface area contributed by atoms with Crippen molar-refractivity contribution in [1.82, 2.24) is 0 Å². The third-order valence-corrected chi connectivity index (χ3v) is 5.69. The van der Waals surface area contributed by atoms with Crippen molar-refractivity contribution in [1.29, 1.82) is 0 Å². The Morgan fingerprint density at radius 1 is 0.606 bits per heavy atom. The fourth-order valence-electron chi connectivity index (χ4n) is 3.79. The van der Waals surface area contributed by atoms with Gasteiger partial charge in [0.25, 0.3) is 0 Å². The Hall–Kier alpha value is -4.12. The van der Waals surface area contributed by atoms with Gasteiger partial charge in [-0.3, -0.25) is 0 Å². The van der Waals surface area contributed by atoms with Gasteiger partial charge in [-0.25, -0.2) is 0 Å². The van der Waals surface area contributed by atoms with E-state index in [0.717, 1.165) is 39.3 Å². The Labute approximate surface area is 193 Å². The third kappa shape index (κ3) is 4.44. The molecule has 0 amide bonds. The third-order valence-electron chi connectivity index (χ3n) is 5.69. The Morgan fingerprint density at radius 2 is 1.15 bits per heavy atom. The Bertz CT molecular complexity index is 1280. The highest BCUT2D eigenvalue weighted by molar-refractivity contribution is 5.81. The second-order valence-corrected chi connectivity index (χ2v) is 8.25. The van der Waals surface area contributed by atoms with Gasteiger partial charge in [0.05, 0.1) is 11.4 Å². The van der Waals surface area contributed by atoms with Crippen molar-refractivity contribution in [3.05, 3.63) is 95.1 Å². The van der Waals surface area contributed by atoms with Crippen LogP contribution in [0.4, 0.5) is 17.1 Å². The highest BCUT2D eigenvalue weighted by atomic mass is 16.5. The molecule has 168 valence electrons. The maximum atomic E-state index is 10.5. The number of aromatic hydroxyl groups is 3. The van der Waals surface area contributed by atoms with E-state index in [1.54, 1.807) is 24.3 Å². The number of phenolic OH excluding ortho intramolecular Hbond substituents is 3. The topological polar surface area (TPSA) is 73.2 Å². The molecule has 0 aliphatic carbocycles. The predicted octanol–water partition coefficient (Wildman–Crippen LogP) is 7.30. The molecule has 0 aliphatic rings. The smallest absolute Gasteiger partial charge is 0.172 e. The van der Waals surface area contributed by atoms with Crippen LogP contribution in [-0.4, -0.2) is 15.3 Å². The first-order valence-electron chi connectivity index (χ1n) is 10.7. The van der Waals surface area contributed by atoms with Gasteiger partial charge in [0.15, 0.2) is 11.5 Å². The molecule has 0 saturated heterocycles. The molecule has 0 unspecified atom stereocenters. The van der Waals surface area contributed by atoms with Crippen LogP contribution in [0.15, 0.2) is 72.8 Å². The molecule has 4 aromatic carbocycles. The molecule has 0 heterocycles. The molecular weight excluding hydrogens is 414 g/mol. The Kier molecular flexibility index (Phi) is 5.88. The number of hydrogen-bond acceptors (Lipinski definition) is 5. The van der Waals surface area contributed by atoms with Gasteiger partial charge in [-0.1, -0.05) is 30.3 Å². The van der Waals surface area contributed by atoms with Crippen LogP contribution in [0, 0.1) is 27.7 Å². The van der Waals surface area contributed by atoms with Crippen LogP contribution in [0.5, 0.6) is 28.7 Å². The number of ether oxygens (including phenoxy) is 1. The number of aryl methyl sites for hydroxylation is 4. The van der Waals surface area contributed by atoms with Crippen molar-refractivity contribution >= 4 is 17.1 Å². The van der Waals surface area contributed by atoms with Crippen LogP contribution in [0.25, 0.3) is 0 Å². The zero-order valence-corrected chi connectivity index (χ0v) is 19.1. The molecule has 0 atom stereocenters. The van der Waals surface area contributed by atoms with Gasteiger partial charge in [0, 0.05) is 23.9 Å². The molecule has 0 spiro atoms. The summed E-state index contributed by atoms with van der Waals surface area (Å²) in [6, 6.07) is 21.7. The summed E-state index contributed by atoms with van der Waals surface area (Å²) < 4.78 is 6.12. The quantitative estimate of drug-likeness (QED) is 0.303. The predicted molar refractivity (Wildman–Crippen MR) is 132 cm³/mol. The minimum Gasteiger partial charge on any atom is -0.508 e. The normalized spacial score (nSPS) is 10.8. The molecule has 0 bridgehead atoms. The van der Waals surface area contributed by atoms with Crippen molar-refractivity contribution < 1.29 is 20.1 Å². The summed E-state index contributed by atoms with van der Waals surface area (Å²) in [5.41, 5.74) is 5.79. The number of benzene rings is 4. The van der Waals surface area contributed by atoms with Crippen LogP contribution in [0.2, 0.25) is 0 Å². The maximum absolute atomic E-state index is 10.5. The monoisotopic (exact) mass is 441 g/mol. The summed E-state index contributed by atoms with van der Waals surface area (Å²) in [7, 11) is 0. The summed E-state index contributed by atoms with van der Waals surface area (Å²) in [4.78, 5) is 1.97. The number of anilines is 3. The second-order valence-electron chi connectivity index (χ2n) is 8.25. The maximum Gasteiger partial charge on any atom is 0.172 e.